The number of nitrogens with one attached hydrogen (secondary N) is 2. The van der Waals surface area contributed by atoms with Crippen molar-refractivity contribution in [1.29, 1.82) is 0 Å². The van der Waals surface area contributed by atoms with E-state index in [1.165, 1.54) is 7.11 Å². The first kappa shape index (κ1) is 18.4. The summed E-state index contributed by atoms with van der Waals surface area (Å²) in [6.45, 7) is 5.36. The Balaban J connectivity index is 1.87. The number of ether oxygens (including phenoxy) is 2. The van der Waals surface area contributed by atoms with Crippen LogP contribution in [0.4, 0.5) is 10.6 Å². The molecule has 0 aliphatic heterocycles. The summed E-state index contributed by atoms with van der Waals surface area (Å²) in [5.74, 6) is 0.948. The Morgan fingerprint density at radius 1 is 1.22 bits per heavy atom. The Kier molecular flexibility index (Phi) is 4.61. The summed E-state index contributed by atoms with van der Waals surface area (Å²) in [5.41, 5.74) is 1.17. The van der Waals surface area contributed by atoms with Crippen LogP contribution >= 0.6 is 0 Å². The van der Waals surface area contributed by atoms with Gasteiger partial charge in [0.05, 0.1) is 23.7 Å². The van der Waals surface area contributed by atoms with Crippen molar-refractivity contribution < 1.29 is 19.1 Å². The molecule has 0 fully saturated rings. The molecule has 0 aliphatic rings. The second kappa shape index (κ2) is 6.75. The molecule has 1 aromatic carbocycles. The molecule has 3 rings (SSSR count). The van der Waals surface area contributed by atoms with Crippen LogP contribution in [0.1, 0.15) is 31.1 Å². The molecule has 0 unspecified atom stereocenters. The van der Waals surface area contributed by atoms with Gasteiger partial charge in [-0.15, -0.1) is 0 Å². The minimum atomic E-state index is -0.599. The van der Waals surface area contributed by atoms with Crippen LogP contribution in [0.25, 0.3) is 22.7 Å². The van der Waals surface area contributed by atoms with E-state index in [1.807, 2.05) is 0 Å². The van der Waals surface area contributed by atoms with Crippen molar-refractivity contribution in [1.82, 2.24) is 19.5 Å². The number of rotatable bonds is 3. The van der Waals surface area contributed by atoms with Crippen LogP contribution in [0.5, 0.6) is 0 Å². The molecular formula is C18H21N5O4. The summed E-state index contributed by atoms with van der Waals surface area (Å²) in [6, 6.07) is 5.05. The van der Waals surface area contributed by atoms with Crippen molar-refractivity contribution in [2.75, 3.05) is 12.4 Å². The smallest absolute Gasteiger partial charge is 0.413 e. The number of benzene rings is 1. The normalized spacial score (nSPS) is 11.4. The molecule has 0 saturated carbocycles. The maximum Gasteiger partial charge on any atom is 0.413 e. The standard InChI is InChI=1S/C18H21N5O4/c1-18(2,3)27-17(25)22-13-9-23(4)15(21-13)14-19-11-7-6-10(16(24)26-5)8-12(11)20-14/h6-9H,1-5H3,(H,19,20)(H,22,25). The number of imidazole rings is 2. The second-order valence-electron chi connectivity index (χ2n) is 7.00. The van der Waals surface area contributed by atoms with Crippen LogP contribution in [0, 0.1) is 0 Å². The third kappa shape index (κ3) is 4.08. The lowest BCUT2D eigenvalue weighted by Gasteiger charge is -2.18. The average Bonchev–Trinajstić information content (AvgIpc) is 3.14. The van der Waals surface area contributed by atoms with E-state index in [0.717, 1.165) is 5.52 Å². The zero-order valence-corrected chi connectivity index (χ0v) is 15.8. The summed E-state index contributed by atoms with van der Waals surface area (Å²) < 4.78 is 11.7. The molecule has 27 heavy (non-hydrogen) atoms. The molecule has 142 valence electrons. The van der Waals surface area contributed by atoms with Crippen LogP contribution in [-0.2, 0) is 16.5 Å². The summed E-state index contributed by atoms with van der Waals surface area (Å²) in [4.78, 5) is 35.6. The summed E-state index contributed by atoms with van der Waals surface area (Å²) in [5, 5.41) is 2.60. The van der Waals surface area contributed by atoms with Crippen LogP contribution in [0.2, 0.25) is 0 Å². The highest BCUT2D eigenvalue weighted by atomic mass is 16.6. The fourth-order valence-electron chi connectivity index (χ4n) is 2.51. The van der Waals surface area contributed by atoms with E-state index < -0.39 is 17.7 Å². The summed E-state index contributed by atoms with van der Waals surface area (Å²) in [6.07, 6.45) is 1.08. The van der Waals surface area contributed by atoms with Crippen molar-refractivity contribution in [3.63, 3.8) is 0 Å². The Morgan fingerprint density at radius 3 is 2.63 bits per heavy atom. The number of aromatic amines is 1. The van der Waals surface area contributed by atoms with Crippen molar-refractivity contribution in [2.45, 2.75) is 26.4 Å². The molecule has 0 aliphatic carbocycles. The lowest BCUT2D eigenvalue weighted by molar-refractivity contribution is 0.0598. The number of anilines is 1. The lowest BCUT2D eigenvalue weighted by Crippen LogP contribution is -2.27. The molecule has 0 spiro atoms. The number of hydrogen-bond acceptors (Lipinski definition) is 6. The monoisotopic (exact) mass is 371 g/mol. The highest BCUT2D eigenvalue weighted by Crippen LogP contribution is 2.22. The molecule has 3 aromatic rings. The summed E-state index contributed by atoms with van der Waals surface area (Å²) >= 11 is 0. The molecule has 2 N–H and O–H groups in total. The van der Waals surface area contributed by atoms with Gasteiger partial charge in [-0.2, -0.15) is 0 Å². The van der Waals surface area contributed by atoms with Crippen molar-refractivity contribution in [2.24, 2.45) is 7.05 Å². The van der Waals surface area contributed by atoms with Crippen LogP contribution < -0.4 is 5.32 Å². The molecule has 1 amide bonds. The maximum absolute atomic E-state index is 11.9. The number of nitrogens with zero attached hydrogens (tertiary/aromatic N) is 3. The van der Waals surface area contributed by atoms with Gasteiger partial charge < -0.3 is 19.0 Å². The Labute approximate surface area is 155 Å². The van der Waals surface area contributed by atoms with Gasteiger partial charge in [-0.3, -0.25) is 5.32 Å². The first-order chi connectivity index (χ1) is 12.7. The molecule has 2 aromatic heterocycles. The number of H-pyrrole nitrogens is 1. The molecule has 0 radical (unpaired) electrons. The highest BCUT2D eigenvalue weighted by molar-refractivity contribution is 5.94. The number of esters is 1. The number of fused-ring (bicyclic) bond motifs is 1. The molecular weight excluding hydrogens is 350 g/mol. The largest absolute Gasteiger partial charge is 0.465 e. The molecule has 9 nitrogen and oxygen atoms in total. The number of carbonyl (C=O) groups is 2. The van der Waals surface area contributed by atoms with Gasteiger partial charge in [0.1, 0.15) is 5.60 Å². The Bertz CT molecular complexity index is 1010. The van der Waals surface area contributed by atoms with Gasteiger partial charge in [-0.25, -0.2) is 19.6 Å². The van der Waals surface area contributed by atoms with E-state index in [2.05, 4.69) is 20.3 Å². The lowest BCUT2D eigenvalue weighted by atomic mass is 10.2. The summed E-state index contributed by atoms with van der Waals surface area (Å²) in [7, 11) is 3.12. The van der Waals surface area contributed by atoms with Gasteiger partial charge in [0.25, 0.3) is 0 Å². The van der Waals surface area contributed by atoms with Gasteiger partial charge >= 0.3 is 12.1 Å². The van der Waals surface area contributed by atoms with Crippen molar-refractivity contribution in [3.8, 4) is 11.6 Å². The number of aryl methyl sites for hydroxylation is 1. The predicted molar refractivity (Wildman–Crippen MR) is 99.5 cm³/mol. The molecule has 0 bridgehead atoms. The first-order valence-corrected chi connectivity index (χ1v) is 8.28. The third-order valence-corrected chi connectivity index (χ3v) is 3.62. The number of carbonyl (C=O) groups excluding carboxylic acids is 2. The number of aromatic nitrogens is 4. The van der Waals surface area contributed by atoms with E-state index in [1.54, 1.807) is 56.8 Å². The topological polar surface area (TPSA) is 111 Å². The zero-order valence-electron chi connectivity index (χ0n) is 15.8. The number of amides is 1. The van der Waals surface area contributed by atoms with E-state index >= 15 is 0 Å². The molecule has 0 saturated heterocycles. The predicted octanol–water partition coefficient (Wildman–Crippen LogP) is 3.10. The SMILES string of the molecule is COC(=O)c1ccc2[nH]c(-c3nc(NC(=O)OC(C)(C)C)cn3C)nc2c1. The van der Waals surface area contributed by atoms with E-state index in [-0.39, 0.29) is 0 Å². The first-order valence-electron chi connectivity index (χ1n) is 8.28. The fraction of sp³-hybridized carbons (Fsp3) is 0.333. The van der Waals surface area contributed by atoms with Gasteiger partial charge in [0.15, 0.2) is 17.5 Å². The van der Waals surface area contributed by atoms with Crippen molar-refractivity contribution >= 4 is 28.9 Å². The fourth-order valence-corrected chi connectivity index (χ4v) is 2.51. The van der Waals surface area contributed by atoms with Crippen LogP contribution in [0.3, 0.4) is 0 Å². The molecule has 0 atom stereocenters. The van der Waals surface area contributed by atoms with Gasteiger partial charge in [-0.05, 0) is 39.0 Å². The third-order valence-electron chi connectivity index (χ3n) is 3.62. The van der Waals surface area contributed by atoms with Gasteiger partial charge in [0, 0.05) is 13.2 Å². The second-order valence-corrected chi connectivity index (χ2v) is 7.00. The van der Waals surface area contributed by atoms with Crippen LogP contribution in [-0.4, -0.2) is 44.3 Å². The van der Waals surface area contributed by atoms with E-state index in [0.29, 0.717) is 28.5 Å². The minimum Gasteiger partial charge on any atom is -0.465 e. The van der Waals surface area contributed by atoms with Gasteiger partial charge in [-0.1, -0.05) is 0 Å². The number of methoxy groups -OCH3 is 1. The Hall–Kier alpha value is -3.36. The van der Waals surface area contributed by atoms with Gasteiger partial charge in [0.2, 0.25) is 0 Å². The van der Waals surface area contributed by atoms with E-state index in [9.17, 15) is 9.59 Å². The highest BCUT2D eigenvalue weighted by Gasteiger charge is 2.19. The Morgan fingerprint density at radius 2 is 1.96 bits per heavy atom. The maximum atomic E-state index is 11.9. The molecule has 9 heteroatoms. The van der Waals surface area contributed by atoms with E-state index in [4.69, 9.17) is 9.47 Å². The number of hydrogen-bond donors (Lipinski definition) is 2. The molecule has 2 heterocycles. The average molecular weight is 371 g/mol. The zero-order chi connectivity index (χ0) is 19.8. The van der Waals surface area contributed by atoms with Crippen molar-refractivity contribution in [3.05, 3.63) is 30.0 Å². The van der Waals surface area contributed by atoms with Crippen LogP contribution in [0.15, 0.2) is 24.4 Å². The quantitative estimate of drug-likeness (QED) is 0.685. The minimum absolute atomic E-state index is 0.345.